The van der Waals surface area contributed by atoms with Gasteiger partial charge in [0.2, 0.25) is 11.8 Å². The molecule has 0 aliphatic carbocycles. The molecule has 3 heterocycles. The van der Waals surface area contributed by atoms with Gasteiger partial charge in [0.1, 0.15) is 5.71 Å². The van der Waals surface area contributed by atoms with Gasteiger partial charge in [-0.15, -0.1) is 5.10 Å². The number of non-ortho nitro benzene ring substituents is 1. The molecule has 0 atom stereocenters. The second kappa shape index (κ2) is 10.1. The first-order valence-electron chi connectivity index (χ1n) is 10.0. The number of hydrogen-bond donors (Lipinski definition) is 2. The van der Waals surface area contributed by atoms with Crippen molar-refractivity contribution in [2.24, 2.45) is 10.2 Å². The summed E-state index contributed by atoms with van der Waals surface area (Å²) in [6.45, 7) is 3.46. The SMILES string of the molecule is O=C(CCN1CCOCC1)Nn1c(O)c(/C=C2\C=NN=C2c2cccc([N+](=O)[O-])c2)sc1=S. The van der Waals surface area contributed by atoms with E-state index in [1.165, 1.54) is 23.0 Å². The molecule has 0 saturated carbocycles. The number of carbonyl (C=O) groups excluding carboxylic acids is 1. The Kier molecular flexibility index (Phi) is 7.03. The molecule has 1 amide bonds. The number of aromatic hydroxyl groups is 1. The zero-order chi connectivity index (χ0) is 23.4. The van der Waals surface area contributed by atoms with Gasteiger partial charge in [0.15, 0.2) is 3.95 Å². The molecule has 33 heavy (non-hydrogen) atoms. The van der Waals surface area contributed by atoms with Crippen LogP contribution in [0.1, 0.15) is 16.9 Å². The van der Waals surface area contributed by atoms with Crippen LogP contribution in [-0.4, -0.2) is 70.3 Å². The zero-order valence-electron chi connectivity index (χ0n) is 17.3. The van der Waals surface area contributed by atoms with Crippen LogP contribution in [0.2, 0.25) is 0 Å². The number of hydrogen-bond acceptors (Lipinski definition) is 10. The molecule has 172 valence electrons. The molecular weight excluding hydrogens is 468 g/mol. The summed E-state index contributed by atoms with van der Waals surface area (Å²) in [6, 6.07) is 6.05. The van der Waals surface area contributed by atoms with Crippen LogP contribution in [0.25, 0.3) is 6.08 Å². The molecule has 13 heteroatoms. The molecular formula is C20H20N6O5S2. The van der Waals surface area contributed by atoms with Crippen molar-refractivity contribution in [1.82, 2.24) is 9.58 Å². The number of thiazole rings is 1. The number of aromatic nitrogens is 1. The fourth-order valence-corrected chi connectivity index (χ4v) is 4.53. The van der Waals surface area contributed by atoms with E-state index in [4.69, 9.17) is 17.0 Å². The van der Waals surface area contributed by atoms with Crippen LogP contribution >= 0.6 is 23.6 Å². The number of nitrogens with zero attached hydrogens (tertiary/aromatic N) is 5. The highest BCUT2D eigenvalue weighted by Gasteiger charge is 2.19. The summed E-state index contributed by atoms with van der Waals surface area (Å²) in [5.74, 6) is -0.484. The Labute approximate surface area is 197 Å². The molecule has 4 rings (SSSR count). The van der Waals surface area contributed by atoms with Crippen molar-refractivity contribution in [2.45, 2.75) is 6.42 Å². The summed E-state index contributed by atoms with van der Waals surface area (Å²) >= 11 is 6.42. The van der Waals surface area contributed by atoms with Gasteiger partial charge in [-0.1, -0.05) is 23.5 Å². The Morgan fingerprint density at radius 3 is 2.94 bits per heavy atom. The molecule has 1 aromatic heterocycles. The monoisotopic (exact) mass is 488 g/mol. The van der Waals surface area contributed by atoms with Crippen LogP contribution in [0.5, 0.6) is 5.88 Å². The number of morpholine rings is 1. The lowest BCUT2D eigenvalue weighted by molar-refractivity contribution is -0.384. The number of rotatable bonds is 7. The minimum Gasteiger partial charge on any atom is -0.492 e. The molecule has 2 aliphatic rings. The molecule has 0 bridgehead atoms. The minimum absolute atomic E-state index is 0.0640. The van der Waals surface area contributed by atoms with Gasteiger partial charge in [-0.3, -0.25) is 25.2 Å². The second-order valence-electron chi connectivity index (χ2n) is 7.23. The number of ether oxygens (including phenoxy) is 1. The molecule has 1 fully saturated rings. The molecule has 1 saturated heterocycles. The Balaban J connectivity index is 1.49. The molecule has 0 spiro atoms. The number of nitrogens with one attached hydrogen (secondary N) is 1. The maximum atomic E-state index is 12.4. The van der Waals surface area contributed by atoms with Crippen LogP contribution in [-0.2, 0) is 9.53 Å². The topological polar surface area (TPSA) is 135 Å². The first-order valence-corrected chi connectivity index (χ1v) is 11.3. The van der Waals surface area contributed by atoms with E-state index in [1.807, 2.05) is 0 Å². The van der Waals surface area contributed by atoms with Crippen molar-refractivity contribution in [3.63, 3.8) is 0 Å². The number of allylic oxidation sites excluding steroid dienone is 1. The second-order valence-corrected chi connectivity index (χ2v) is 8.91. The van der Waals surface area contributed by atoms with E-state index in [-0.39, 0.29) is 27.8 Å². The van der Waals surface area contributed by atoms with Gasteiger partial charge >= 0.3 is 0 Å². The van der Waals surface area contributed by atoms with Crippen LogP contribution in [0.4, 0.5) is 5.69 Å². The average molecular weight is 489 g/mol. The maximum absolute atomic E-state index is 12.4. The van der Waals surface area contributed by atoms with Gasteiger partial charge in [-0.05, 0) is 18.3 Å². The summed E-state index contributed by atoms with van der Waals surface area (Å²) in [5, 5.41) is 29.7. The highest BCUT2D eigenvalue weighted by Crippen LogP contribution is 2.29. The number of nitro groups is 1. The van der Waals surface area contributed by atoms with E-state index >= 15 is 0 Å². The first kappa shape index (κ1) is 22.9. The fraction of sp³-hybridized carbons (Fsp3) is 0.300. The summed E-state index contributed by atoms with van der Waals surface area (Å²) in [5.41, 5.74) is 4.07. The van der Waals surface area contributed by atoms with Crippen molar-refractivity contribution in [1.29, 1.82) is 0 Å². The van der Waals surface area contributed by atoms with Crippen molar-refractivity contribution in [2.75, 3.05) is 38.3 Å². The third-order valence-electron chi connectivity index (χ3n) is 5.05. The number of amides is 1. The lowest BCUT2D eigenvalue weighted by Crippen LogP contribution is -2.38. The van der Waals surface area contributed by atoms with E-state index in [1.54, 1.807) is 18.2 Å². The van der Waals surface area contributed by atoms with Crippen molar-refractivity contribution in [3.8, 4) is 5.88 Å². The number of benzene rings is 1. The van der Waals surface area contributed by atoms with Gasteiger partial charge in [-0.2, -0.15) is 9.78 Å². The van der Waals surface area contributed by atoms with E-state index in [9.17, 15) is 20.0 Å². The summed E-state index contributed by atoms with van der Waals surface area (Å²) in [7, 11) is 0. The van der Waals surface area contributed by atoms with Crippen molar-refractivity contribution < 1.29 is 19.6 Å². The molecule has 11 nitrogen and oxygen atoms in total. The molecule has 2 aromatic rings. The van der Waals surface area contributed by atoms with Gasteiger partial charge < -0.3 is 9.84 Å². The van der Waals surface area contributed by atoms with Gasteiger partial charge in [-0.25, -0.2) is 0 Å². The Hall–Kier alpha value is -3.26. The van der Waals surface area contributed by atoms with Gasteiger partial charge in [0, 0.05) is 49.3 Å². The molecule has 1 aromatic carbocycles. The number of carbonyl (C=O) groups is 1. The van der Waals surface area contributed by atoms with Crippen LogP contribution in [0.3, 0.4) is 0 Å². The van der Waals surface area contributed by atoms with Gasteiger partial charge in [0.05, 0.1) is 29.2 Å². The first-order chi connectivity index (χ1) is 15.9. The summed E-state index contributed by atoms with van der Waals surface area (Å²) in [4.78, 5) is 25.5. The normalized spacial score (nSPS) is 17.3. The highest BCUT2D eigenvalue weighted by atomic mass is 32.1. The molecule has 2 N–H and O–H groups in total. The Morgan fingerprint density at radius 2 is 2.18 bits per heavy atom. The third-order valence-corrected chi connectivity index (χ3v) is 6.36. The number of nitro benzene ring substituents is 1. The smallest absolute Gasteiger partial charge is 0.270 e. The van der Waals surface area contributed by atoms with Crippen LogP contribution < -0.4 is 5.43 Å². The maximum Gasteiger partial charge on any atom is 0.270 e. The standard InChI is InChI=1S/C20H20N6O5S2/c27-17(4-5-24-6-8-31-9-7-24)23-25-19(28)16(33-20(25)32)11-14-12-21-22-18(14)13-2-1-3-15(10-13)26(29)30/h1-3,10-12,28H,4-9H2,(H,23,27)/b14-11+. The summed E-state index contributed by atoms with van der Waals surface area (Å²) < 4.78 is 6.74. The molecule has 0 radical (unpaired) electrons. The van der Waals surface area contributed by atoms with E-state index < -0.39 is 4.92 Å². The third kappa shape index (κ3) is 5.39. The van der Waals surface area contributed by atoms with E-state index in [0.717, 1.165) is 24.4 Å². The van der Waals surface area contributed by atoms with Crippen molar-refractivity contribution >= 4 is 53.2 Å². The lowest BCUT2D eigenvalue weighted by Gasteiger charge is -2.26. The van der Waals surface area contributed by atoms with E-state index in [0.29, 0.717) is 41.5 Å². The van der Waals surface area contributed by atoms with Crippen LogP contribution in [0, 0.1) is 14.1 Å². The Bertz CT molecular complexity index is 1230. The highest BCUT2D eigenvalue weighted by molar-refractivity contribution is 7.73. The molecule has 2 aliphatic heterocycles. The fourth-order valence-electron chi connectivity index (χ4n) is 3.35. The quantitative estimate of drug-likeness (QED) is 0.347. The van der Waals surface area contributed by atoms with E-state index in [2.05, 4.69) is 20.5 Å². The van der Waals surface area contributed by atoms with Crippen molar-refractivity contribution in [3.05, 3.63) is 54.3 Å². The Morgan fingerprint density at radius 1 is 1.39 bits per heavy atom. The predicted molar refractivity (Wildman–Crippen MR) is 127 cm³/mol. The minimum atomic E-state index is -0.484. The lowest BCUT2D eigenvalue weighted by atomic mass is 10.0. The summed E-state index contributed by atoms with van der Waals surface area (Å²) in [6.07, 6.45) is 3.37. The van der Waals surface area contributed by atoms with Crippen LogP contribution in [0.15, 0.2) is 40.0 Å². The van der Waals surface area contributed by atoms with Gasteiger partial charge in [0.25, 0.3) is 5.69 Å². The largest absolute Gasteiger partial charge is 0.492 e. The average Bonchev–Trinajstić information content (AvgIpc) is 3.38. The predicted octanol–water partition coefficient (Wildman–Crippen LogP) is 2.56. The molecule has 0 unspecified atom stereocenters. The zero-order valence-corrected chi connectivity index (χ0v) is 19.0.